The SMILES string of the molecule is CC(=O)c1ccccc1C(=O)NCc1cn(-c2ccccc2)nc1-c1cccs1. The molecule has 2 heterocycles. The second-order valence-electron chi connectivity index (χ2n) is 6.54. The zero-order valence-electron chi connectivity index (χ0n) is 15.8. The number of hydrogen-bond acceptors (Lipinski definition) is 4. The summed E-state index contributed by atoms with van der Waals surface area (Å²) in [7, 11) is 0. The van der Waals surface area contributed by atoms with Crippen molar-refractivity contribution in [3.8, 4) is 16.3 Å². The highest BCUT2D eigenvalue weighted by atomic mass is 32.1. The number of benzene rings is 2. The molecule has 0 atom stereocenters. The molecule has 0 bridgehead atoms. The van der Waals surface area contributed by atoms with Gasteiger partial charge >= 0.3 is 0 Å². The Hall–Kier alpha value is -3.51. The van der Waals surface area contributed by atoms with Crippen LogP contribution in [0.5, 0.6) is 0 Å². The van der Waals surface area contributed by atoms with Gasteiger partial charge in [0, 0.05) is 23.9 Å². The summed E-state index contributed by atoms with van der Waals surface area (Å²) >= 11 is 1.60. The van der Waals surface area contributed by atoms with Gasteiger partial charge < -0.3 is 5.32 Å². The first-order valence-electron chi connectivity index (χ1n) is 9.19. The molecule has 0 unspecified atom stereocenters. The van der Waals surface area contributed by atoms with E-state index in [0.29, 0.717) is 17.7 Å². The molecule has 0 saturated heterocycles. The van der Waals surface area contributed by atoms with Crippen LogP contribution in [0.1, 0.15) is 33.2 Å². The summed E-state index contributed by atoms with van der Waals surface area (Å²) in [6, 6.07) is 20.7. The van der Waals surface area contributed by atoms with Crippen LogP contribution in [-0.2, 0) is 6.54 Å². The maximum Gasteiger partial charge on any atom is 0.252 e. The second-order valence-corrected chi connectivity index (χ2v) is 7.49. The summed E-state index contributed by atoms with van der Waals surface area (Å²) in [5.41, 5.74) is 3.50. The molecule has 1 N–H and O–H groups in total. The number of amides is 1. The van der Waals surface area contributed by atoms with E-state index in [0.717, 1.165) is 21.8 Å². The number of carbonyl (C=O) groups is 2. The molecule has 0 radical (unpaired) electrons. The molecular weight excluding hydrogens is 382 g/mol. The number of nitrogens with one attached hydrogen (secondary N) is 1. The Morgan fingerprint density at radius 3 is 2.38 bits per heavy atom. The van der Waals surface area contributed by atoms with Gasteiger partial charge in [-0.25, -0.2) is 4.68 Å². The molecule has 0 aliphatic rings. The minimum Gasteiger partial charge on any atom is -0.348 e. The molecule has 6 heteroatoms. The predicted molar refractivity (Wildman–Crippen MR) is 114 cm³/mol. The third kappa shape index (κ3) is 4.02. The molecule has 5 nitrogen and oxygen atoms in total. The van der Waals surface area contributed by atoms with E-state index in [9.17, 15) is 9.59 Å². The number of para-hydroxylation sites is 1. The Morgan fingerprint density at radius 1 is 0.966 bits per heavy atom. The van der Waals surface area contributed by atoms with Crippen molar-refractivity contribution in [2.45, 2.75) is 13.5 Å². The van der Waals surface area contributed by atoms with Gasteiger partial charge in [0.1, 0.15) is 5.69 Å². The van der Waals surface area contributed by atoms with Gasteiger partial charge in [-0.15, -0.1) is 11.3 Å². The van der Waals surface area contributed by atoms with Crippen molar-refractivity contribution in [2.75, 3.05) is 0 Å². The van der Waals surface area contributed by atoms with Gasteiger partial charge in [-0.2, -0.15) is 5.10 Å². The summed E-state index contributed by atoms with van der Waals surface area (Å²) in [4.78, 5) is 25.6. The number of hydrogen-bond donors (Lipinski definition) is 1. The van der Waals surface area contributed by atoms with Crippen LogP contribution < -0.4 is 5.32 Å². The quantitative estimate of drug-likeness (QED) is 0.475. The fourth-order valence-corrected chi connectivity index (χ4v) is 3.88. The van der Waals surface area contributed by atoms with Gasteiger partial charge in [-0.1, -0.05) is 42.5 Å². The molecule has 0 spiro atoms. The third-order valence-corrected chi connectivity index (χ3v) is 5.43. The van der Waals surface area contributed by atoms with E-state index < -0.39 is 0 Å². The molecule has 0 aliphatic carbocycles. The van der Waals surface area contributed by atoms with E-state index in [1.54, 1.807) is 35.6 Å². The smallest absolute Gasteiger partial charge is 0.252 e. The topological polar surface area (TPSA) is 64.0 Å². The fraction of sp³-hybridized carbons (Fsp3) is 0.0870. The average Bonchev–Trinajstić information content (AvgIpc) is 3.42. The standard InChI is InChI=1S/C23H19N3O2S/c1-16(27)19-10-5-6-11-20(19)23(28)24-14-17-15-26(18-8-3-2-4-9-18)25-22(17)21-12-7-13-29-21/h2-13,15H,14H2,1H3,(H,24,28). The van der Waals surface area contributed by atoms with Crippen molar-refractivity contribution in [1.29, 1.82) is 0 Å². The maximum absolute atomic E-state index is 12.7. The van der Waals surface area contributed by atoms with E-state index in [4.69, 9.17) is 5.10 Å². The minimum atomic E-state index is -0.277. The largest absolute Gasteiger partial charge is 0.348 e. The summed E-state index contributed by atoms with van der Waals surface area (Å²) in [6.07, 6.45) is 1.93. The van der Waals surface area contributed by atoms with Crippen LogP contribution in [0.4, 0.5) is 0 Å². The predicted octanol–water partition coefficient (Wildman–Crippen LogP) is 4.73. The number of rotatable bonds is 6. The van der Waals surface area contributed by atoms with Crippen molar-refractivity contribution in [3.63, 3.8) is 0 Å². The van der Waals surface area contributed by atoms with Gasteiger partial charge in [-0.3, -0.25) is 9.59 Å². The van der Waals surface area contributed by atoms with Crippen molar-refractivity contribution in [1.82, 2.24) is 15.1 Å². The van der Waals surface area contributed by atoms with Gasteiger partial charge in [0.25, 0.3) is 5.91 Å². The van der Waals surface area contributed by atoms with E-state index in [-0.39, 0.29) is 11.7 Å². The normalized spacial score (nSPS) is 10.7. The molecular formula is C23H19N3O2S. The van der Waals surface area contributed by atoms with E-state index in [2.05, 4.69) is 5.32 Å². The molecule has 144 valence electrons. The lowest BCUT2D eigenvalue weighted by Crippen LogP contribution is -2.24. The Morgan fingerprint density at radius 2 is 1.69 bits per heavy atom. The van der Waals surface area contributed by atoms with Crippen molar-refractivity contribution in [2.24, 2.45) is 0 Å². The third-order valence-electron chi connectivity index (χ3n) is 4.56. The Kier molecular flexibility index (Phi) is 5.35. The van der Waals surface area contributed by atoms with Crippen LogP contribution in [0.15, 0.2) is 78.3 Å². The molecule has 2 aromatic heterocycles. The van der Waals surface area contributed by atoms with Crippen molar-refractivity contribution >= 4 is 23.0 Å². The number of carbonyl (C=O) groups excluding carboxylic acids is 2. The summed E-state index contributed by atoms with van der Waals surface area (Å²) in [5, 5.41) is 9.68. The zero-order valence-corrected chi connectivity index (χ0v) is 16.6. The van der Waals surface area contributed by atoms with Gasteiger partial charge in [-0.05, 0) is 36.6 Å². The maximum atomic E-state index is 12.7. The van der Waals surface area contributed by atoms with E-state index in [1.807, 2.05) is 58.7 Å². The molecule has 4 aromatic rings. The highest BCUT2D eigenvalue weighted by Crippen LogP contribution is 2.27. The monoisotopic (exact) mass is 401 g/mol. The van der Waals surface area contributed by atoms with E-state index >= 15 is 0 Å². The Balaban J connectivity index is 1.62. The Labute approximate surface area is 172 Å². The molecule has 0 fully saturated rings. The van der Waals surface area contributed by atoms with Crippen LogP contribution in [0.3, 0.4) is 0 Å². The lowest BCUT2D eigenvalue weighted by Gasteiger charge is -2.08. The van der Waals surface area contributed by atoms with Crippen LogP contribution >= 0.6 is 11.3 Å². The molecule has 29 heavy (non-hydrogen) atoms. The van der Waals surface area contributed by atoms with Crippen LogP contribution in [0, 0.1) is 0 Å². The number of nitrogens with zero attached hydrogens (tertiary/aromatic N) is 2. The molecule has 1 amide bonds. The molecule has 0 aliphatic heterocycles. The molecule has 0 saturated carbocycles. The van der Waals surface area contributed by atoms with Crippen molar-refractivity contribution < 1.29 is 9.59 Å². The highest BCUT2D eigenvalue weighted by Gasteiger charge is 2.17. The second kappa shape index (κ2) is 8.24. The van der Waals surface area contributed by atoms with Gasteiger partial charge in [0.05, 0.1) is 16.1 Å². The first-order chi connectivity index (χ1) is 14.1. The number of ketones is 1. The average molecular weight is 401 g/mol. The first-order valence-corrected chi connectivity index (χ1v) is 10.1. The molecule has 4 rings (SSSR count). The van der Waals surface area contributed by atoms with Crippen molar-refractivity contribution in [3.05, 3.63) is 95.0 Å². The van der Waals surface area contributed by atoms with E-state index in [1.165, 1.54) is 6.92 Å². The van der Waals surface area contributed by atoms with Gasteiger partial charge in [0.15, 0.2) is 5.78 Å². The lowest BCUT2D eigenvalue weighted by molar-refractivity contribution is 0.0936. The number of thiophene rings is 1. The van der Waals surface area contributed by atoms with Gasteiger partial charge in [0.2, 0.25) is 0 Å². The summed E-state index contributed by atoms with van der Waals surface area (Å²) in [5.74, 6) is -0.410. The zero-order chi connectivity index (χ0) is 20.2. The first kappa shape index (κ1) is 18.8. The van der Waals surface area contributed by atoms with Crippen LogP contribution in [0.2, 0.25) is 0 Å². The molecule has 2 aromatic carbocycles. The Bertz CT molecular complexity index is 1150. The summed E-state index contributed by atoms with van der Waals surface area (Å²) < 4.78 is 1.82. The summed E-state index contributed by atoms with van der Waals surface area (Å²) in [6.45, 7) is 1.77. The van der Waals surface area contributed by atoms with Crippen LogP contribution in [0.25, 0.3) is 16.3 Å². The fourth-order valence-electron chi connectivity index (χ4n) is 3.13. The highest BCUT2D eigenvalue weighted by molar-refractivity contribution is 7.13. The van der Waals surface area contributed by atoms with Crippen LogP contribution in [-0.4, -0.2) is 21.5 Å². The number of aromatic nitrogens is 2. The lowest BCUT2D eigenvalue weighted by atomic mass is 10.0. The minimum absolute atomic E-state index is 0.132. The number of Topliss-reactive ketones (excluding diaryl/α,β-unsaturated/α-hetero) is 1.